The van der Waals surface area contributed by atoms with Crippen LogP contribution in [-0.4, -0.2) is 44.4 Å². The van der Waals surface area contributed by atoms with Gasteiger partial charge in [0.1, 0.15) is 6.54 Å². The van der Waals surface area contributed by atoms with Gasteiger partial charge < -0.3 is 26.2 Å². The zero-order valence-electron chi connectivity index (χ0n) is 24.9. The topological polar surface area (TPSA) is 9.23 Å². The van der Waals surface area contributed by atoms with E-state index in [1.165, 1.54) is 129 Å². The Hall–Kier alpha value is 0.400. The molecule has 0 aliphatic heterocycles. The van der Waals surface area contributed by atoms with Crippen LogP contribution in [0.1, 0.15) is 150 Å². The van der Waals surface area contributed by atoms with Crippen LogP contribution in [0.5, 0.6) is 0 Å². The van der Waals surface area contributed by atoms with Gasteiger partial charge in [0.2, 0.25) is 0 Å². The molecule has 2 rings (SSSR count). The minimum atomic E-state index is 0. The molecule has 0 spiro atoms. The predicted octanol–water partition coefficient (Wildman–Crippen LogP) is 6.56. The number of unbranched alkanes of at least 4 members (excludes halogenated alkanes) is 15. The molecule has 3 heteroatoms. The second kappa shape index (κ2) is 17.1. The molecule has 0 N–H and O–H groups in total. The first kappa shape index (κ1) is 33.4. The SMILES string of the molecule is CCCCCCCCCCCCCCCCCC[N+](C)(C)CCOC1CC2CCC1(C)C2(C)C.[Br-]. The Balaban J connectivity index is 0.00000612. The van der Waals surface area contributed by atoms with Crippen molar-refractivity contribution >= 4 is 0 Å². The molecule has 0 aromatic rings. The van der Waals surface area contributed by atoms with Crippen molar-refractivity contribution in [3.8, 4) is 0 Å². The van der Waals surface area contributed by atoms with Crippen molar-refractivity contribution < 1.29 is 26.2 Å². The Morgan fingerprint density at radius 3 is 1.54 bits per heavy atom. The van der Waals surface area contributed by atoms with Crippen molar-refractivity contribution in [3.63, 3.8) is 0 Å². The molecule has 0 amide bonds. The molecule has 0 aromatic heterocycles. The summed E-state index contributed by atoms with van der Waals surface area (Å²) >= 11 is 0. The smallest absolute Gasteiger partial charge is 0.102 e. The van der Waals surface area contributed by atoms with Crippen LogP contribution in [0.3, 0.4) is 0 Å². The van der Waals surface area contributed by atoms with E-state index in [4.69, 9.17) is 4.74 Å². The number of hydrogen-bond donors (Lipinski definition) is 0. The van der Waals surface area contributed by atoms with Gasteiger partial charge in [0.05, 0.1) is 33.4 Å². The van der Waals surface area contributed by atoms with Crippen LogP contribution in [0.15, 0.2) is 0 Å². The summed E-state index contributed by atoms with van der Waals surface area (Å²) in [6, 6.07) is 0. The molecule has 2 fully saturated rings. The average Bonchev–Trinajstić information content (AvgIpc) is 3.12. The molecule has 3 unspecified atom stereocenters. The summed E-state index contributed by atoms with van der Waals surface area (Å²) in [4.78, 5) is 0. The first-order valence-electron chi connectivity index (χ1n) is 15.7. The van der Waals surface area contributed by atoms with Gasteiger partial charge in [-0.1, -0.05) is 118 Å². The van der Waals surface area contributed by atoms with E-state index in [2.05, 4.69) is 41.8 Å². The van der Waals surface area contributed by atoms with Crippen molar-refractivity contribution in [2.75, 3.05) is 33.8 Å². The van der Waals surface area contributed by atoms with E-state index in [0.29, 0.717) is 16.9 Å². The fourth-order valence-electron chi connectivity index (χ4n) is 7.02. The Morgan fingerprint density at radius 2 is 1.14 bits per heavy atom. The van der Waals surface area contributed by atoms with E-state index < -0.39 is 0 Å². The molecule has 0 radical (unpaired) electrons. The first-order valence-corrected chi connectivity index (χ1v) is 15.7. The number of halogens is 1. The van der Waals surface area contributed by atoms with E-state index >= 15 is 0 Å². The maximum Gasteiger partial charge on any atom is 0.102 e. The molecule has 3 atom stereocenters. The monoisotopic (exact) mass is 557 g/mol. The number of rotatable bonds is 21. The molecular formula is C32H64BrNO. The van der Waals surface area contributed by atoms with Gasteiger partial charge in [-0.25, -0.2) is 0 Å². The summed E-state index contributed by atoms with van der Waals surface area (Å²) in [7, 11) is 4.81. The number of nitrogens with zero attached hydrogens (tertiary/aromatic N) is 1. The lowest BCUT2D eigenvalue weighted by molar-refractivity contribution is -0.891. The lowest BCUT2D eigenvalue weighted by atomic mass is 9.70. The largest absolute Gasteiger partial charge is 1.00 e. The quantitative estimate of drug-likeness (QED) is 0.115. The van der Waals surface area contributed by atoms with Crippen LogP contribution in [0.25, 0.3) is 0 Å². The van der Waals surface area contributed by atoms with Gasteiger partial charge in [-0.2, -0.15) is 0 Å². The van der Waals surface area contributed by atoms with E-state index in [-0.39, 0.29) is 17.0 Å². The molecule has 2 saturated carbocycles. The van der Waals surface area contributed by atoms with E-state index in [1.807, 2.05) is 0 Å². The van der Waals surface area contributed by atoms with Crippen molar-refractivity contribution in [3.05, 3.63) is 0 Å². The highest BCUT2D eigenvalue weighted by Gasteiger charge is 2.61. The summed E-state index contributed by atoms with van der Waals surface area (Å²) < 4.78 is 7.65. The molecule has 2 bridgehead atoms. The number of fused-ring (bicyclic) bond motifs is 2. The summed E-state index contributed by atoms with van der Waals surface area (Å²) in [6.07, 6.45) is 27.8. The third-order valence-electron chi connectivity index (χ3n) is 10.3. The molecule has 2 aliphatic carbocycles. The predicted molar refractivity (Wildman–Crippen MR) is 150 cm³/mol. The van der Waals surface area contributed by atoms with Gasteiger partial charge in [-0.05, 0) is 48.9 Å². The molecule has 35 heavy (non-hydrogen) atoms. The van der Waals surface area contributed by atoms with Crippen molar-refractivity contribution in [1.82, 2.24) is 0 Å². The van der Waals surface area contributed by atoms with Crippen LogP contribution in [0.4, 0.5) is 0 Å². The standard InChI is InChI=1S/C32H64NO.BrH/c1-7-8-9-10-11-12-13-14-15-16-17-18-19-20-21-22-25-33(5,6)26-27-34-30-28-29-23-24-32(30,4)31(29,2)3;/h29-30H,7-28H2,1-6H3;1H/q+1;/p-1. The van der Waals surface area contributed by atoms with Crippen LogP contribution in [0.2, 0.25) is 0 Å². The Labute approximate surface area is 232 Å². The molecule has 2 nitrogen and oxygen atoms in total. The molecule has 0 aromatic carbocycles. The zero-order valence-corrected chi connectivity index (χ0v) is 26.5. The molecular weight excluding hydrogens is 494 g/mol. The van der Waals surface area contributed by atoms with E-state index in [1.54, 1.807) is 0 Å². The highest BCUT2D eigenvalue weighted by molar-refractivity contribution is 5.11. The summed E-state index contributed by atoms with van der Waals surface area (Å²) in [5.74, 6) is 0.884. The van der Waals surface area contributed by atoms with Crippen LogP contribution < -0.4 is 17.0 Å². The molecule has 0 heterocycles. The van der Waals surface area contributed by atoms with E-state index in [9.17, 15) is 0 Å². The van der Waals surface area contributed by atoms with Gasteiger partial charge in [0.15, 0.2) is 0 Å². The third-order valence-corrected chi connectivity index (χ3v) is 10.3. The van der Waals surface area contributed by atoms with Gasteiger partial charge in [0.25, 0.3) is 0 Å². The van der Waals surface area contributed by atoms with Crippen molar-refractivity contribution in [2.45, 2.75) is 156 Å². The van der Waals surface area contributed by atoms with Crippen molar-refractivity contribution in [2.24, 2.45) is 16.7 Å². The maximum absolute atomic E-state index is 6.53. The van der Waals surface area contributed by atoms with Gasteiger partial charge in [-0.3, -0.25) is 0 Å². The normalized spacial score (nSPS) is 25.2. The Kier molecular flexibility index (Phi) is 16.3. The van der Waals surface area contributed by atoms with Crippen LogP contribution in [0, 0.1) is 16.7 Å². The molecule has 0 saturated heterocycles. The number of ether oxygens (including phenoxy) is 1. The van der Waals surface area contributed by atoms with Gasteiger partial charge >= 0.3 is 0 Å². The van der Waals surface area contributed by atoms with Crippen LogP contribution in [-0.2, 0) is 4.74 Å². The van der Waals surface area contributed by atoms with Gasteiger partial charge in [0, 0.05) is 0 Å². The minimum Gasteiger partial charge on any atom is -1.00 e. The van der Waals surface area contributed by atoms with Crippen molar-refractivity contribution in [1.29, 1.82) is 0 Å². The lowest BCUT2D eigenvalue weighted by Crippen LogP contribution is -3.00. The Bertz CT molecular complexity index is 534. The molecule has 2 aliphatic rings. The highest BCUT2D eigenvalue weighted by Crippen LogP contribution is 2.66. The third kappa shape index (κ3) is 11.0. The Morgan fingerprint density at radius 1 is 0.686 bits per heavy atom. The summed E-state index contributed by atoms with van der Waals surface area (Å²) in [5, 5.41) is 0. The average molecular weight is 559 g/mol. The summed E-state index contributed by atoms with van der Waals surface area (Å²) in [6.45, 7) is 13.2. The fraction of sp³-hybridized carbons (Fsp3) is 1.00. The van der Waals surface area contributed by atoms with Crippen LogP contribution >= 0.6 is 0 Å². The number of likely N-dealkylation sites (N-methyl/N-ethyl adjacent to an activating group) is 1. The zero-order chi connectivity index (χ0) is 24.9. The second-order valence-corrected chi connectivity index (χ2v) is 13.7. The lowest BCUT2D eigenvalue weighted by Gasteiger charge is -2.39. The highest BCUT2D eigenvalue weighted by atomic mass is 79.9. The summed E-state index contributed by atoms with van der Waals surface area (Å²) in [5.41, 5.74) is 0.873. The minimum absolute atomic E-state index is 0. The molecule has 210 valence electrons. The van der Waals surface area contributed by atoms with Gasteiger partial charge in [-0.15, -0.1) is 0 Å². The first-order chi connectivity index (χ1) is 16.2. The number of quaternary nitrogens is 1. The fourth-order valence-corrected chi connectivity index (χ4v) is 7.02. The maximum atomic E-state index is 6.53. The second-order valence-electron chi connectivity index (χ2n) is 13.7. The van der Waals surface area contributed by atoms with E-state index in [0.717, 1.165) is 23.6 Å². The number of hydrogen-bond acceptors (Lipinski definition) is 1.